The molecule has 0 aliphatic carbocycles. The van der Waals surface area contributed by atoms with Gasteiger partial charge >= 0.3 is 0 Å². The molecule has 3 nitrogen and oxygen atoms in total. The lowest BCUT2D eigenvalue weighted by Crippen LogP contribution is -1.95. The Hall–Kier alpha value is -6.71. The van der Waals surface area contributed by atoms with Crippen molar-refractivity contribution in [3.8, 4) is 11.3 Å². The molecule has 0 saturated carbocycles. The van der Waals surface area contributed by atoms with Gasteiger partial charge < -0.3 is 4.40 Å². The minimum atomic E-state index is 0.966. The Morgan fingerprint density at radius 1 is 0.360 bits per heavy atom. The molecule has 0 bridgehead atoms. The molecule has 50 heavy (non-hydrogen) atoms. The van der Waals surface area contributed by atoms with Crippen molar-refractivity contribution in [2.45, 2.75) is 0 Å². The van der Waals surface area contributed by atoms with E-state index < -0.39 is 0 Å². The predicted molar refractivity (Wildman–Crippen MR) is 212 cm³/mol. The van der Waals surface area contributed by atoms with Crippen LogP contribution in [0.4, 0.5) is 0 Å². The van der Waals surface area contributed by atoms with E-state index >= 15 is 0 Å². The van der Waals surface area contributed by atoms with Crippen molar-refractivity contribution in [1.82, 2.24) is 13.8 Å². The van der Waals surface area contributed by atoms with E-state index in [0.717, 1.165) is 22.3 Å². The van der Waals surface area contributed by atoms with Gasteiger partial charge in [0.15, 0.2) is 0 Å². The normalized spacial score (nSPS) is 12.4. The van der Waals surface area contributed by atoms with Crippen molar-refractivity contribution >= 4 is 97.6 Å². The summed E-state index contributed by atoms with van der Waals surface area (Å²) in [5.74, 6) is 0. The predicted octanol–water partition coefficient (Wildman–Crippen LogP) is 12.5. The Bertz CT molecular complexity index is 3440. The van der Waals surface area contributed by atoms with Crippen LogP contribution >= 0.6 is 0 Å². The average Bonchev–Trinajstić information content (AvgIpc) is 3.77. The Labute approximate surface area is 285 Å². The third-order valence-corrected chi connectivity index (χ3v) is 11.0. The highest BCUT2D eigenvalue weighted by atomic mass is 15.0. The first kappa shape index (κ1) is 26.3. The Morgan fingerprint density at radius 3 is 1.66 bits per heavy atom. The van der Waals surface area contributed by atoms with Crippen molar-refractivity contribution in [2.24, 2.45) is 0 Å². The first-order valence-corrected chi connectivity index (χ1v) is 17.2. The maximum absolute atomic E-state index is 5.51. The molecule has 7 aromatic carbocycles. The smallest absolute Gasteiger partial charge is 0.145 e. The van der Waals surface area contributed by atoms with E-state index in [1.165, 1.54) is 86.6 Å². The second-order valence-corrected chi connectivity index (χ2v) is 13.6. The quantitative estimate of drug-likeness (QED) is 0.165. The van der Waals surface area contributed by atoms with Gasteiger partial charge in [-0.3, -0.25) is 4.40 Å². The number of hydrogen-bond donors (Lipinski definition) is 0. The SMILES string of the molecule is c1ccc2c(c1)ccc1c2c2ccccc2n2cc3ccc(-c4ccc5c6c7ccccc7ccc6c6c7ccccc7cn6c5n4)cc3c12. The third-order valence-electron chi connectivity index (χ3n) is 11.0. The third kappa shape index (κ3) is 3.36. The van der Waals surface area contributed by atoms with Gasteiger partial charge in [-0.1, -0.05) is 127 Å². The topological polar surface area (TPSA) is 21.7 Å². The van der Waals surface area contributed by atoms with Crippen LogP contribution in [0, 0.1) is 0 Å². The molecule has 0 radical (unpaired) electrons. The first-order chi connectivity index (χ1) is 24.8. The Balaban J connectivity index is 1.19. The summed E-state index contributed by atoms with van der Waals surface area (Å²) in [6.45, 7) is 0. The van der Waals surface area contributed by atoms with Crippen molar-refractivity contribution < 1.29 is 0 Å². The molecule has 5 aromatic heterocycles. The molecule has 230 valence electrons. The van der Waals surface area contributed by atoms with Crippen LogP contribution in [-0.2, 0) is 0 Å². The van der Waals surface area contributed by atoms with Gasteiger partial charge in [-0.05, 0) is 45.8 Å². The summed E-state index contributed by atoms with van der Waals surface area (Å²) >= 11 is 0. The number of fused-ring (bicyclic) bond motifs is 20. The molecule has 0 amide bonds. The minimum absolute atomic E-state index is 0.966. The fourth-order valence-corrected chi connectivity index (χ4v) is 8.83. The molecular formula is C47H27N3. The minimum Gasteiger partial charge on any atom is -0.315 e. The average molecular weight is 634 g/mol. The molecule has 12 rings (SSSR count). The lowest BCUT2D eigenvalue weighted by Gasteiger charge is -2.13. The molecule has 0 N–H and O–H groups in total. The van der Waals surface area contributed by atoms with Crippen LogP contribution in [-0.4, -0.2) is 13.8 Å². The molecule has 5 heterocycles. The van der Waals surface area contributed by atoms with E-state index in [2.05, 4.69) is 173 Å². The zero-order valence-corrected chi connectivity index (χ0v) is 26.9. The monoisotopic (exact) mass is 633 g/mol. The number of benzene rings is 7. The van der Waals surface area contributed by atoms with Crippen LogP contribution in [0.1, 0.15) is 0 Å². The van der Waals surface area contributed by atoms with Crippen molar-refractivity contribution in [3.05, 3.63) is 164 Å². The molecule has 12 aromatic rings. The molecule has 3 heteroatoms. The van der Waals surface area contributed by atoms with E-state index in [1.807, 2.05) is 0 Å². The van der Waals surface area contributed by atoms with Gasteiger partial charge in [-0.2, -0.15) is 0 Å². The summed E-state index contributed by atoms with van der Waals surface area (Å²) in [5, 5.41) is 17.5. The number of hydrogen-bond acceptors (Lipinski definition) is 1. The van der Waals surface area contributed by atoms with E-state index in [-0.39, 0.29) is 0 Å². The number of para-hydroxylation sites is 1. The number of rotatable bonds is 1. The molecule has 0 atom stereocenters. The van der Waals surface area contributed by atoms with Crippen LogP contribution in [0.15, 0.2) is 164 Å². The van der Waals surface area contributed by atoms with Gasteiger partial charge in [0.1, 0.15) is 5.65 Å². The summed E-state index contributed by atoms with van der Waals surface area (Å²) in [5.41, 5.74) is 6.71. The second kappa shape index (κ2) is 9.46. The lowest BCUT2D eigenvalue weighted by atomic mass is 9.96. The van der Waals surface area contributed by atoms with Gasteiger partial charge in [-0.25, -0.2) is 4.98 Å². The van der Waals surface area contributed by atoms with E-state index in [0.29, 0.717) is 0 Å². The summed E-state index contributed by atoms with van der Waals surface area (Å²) in [6, 6.07) is 55.4. The molecule has 0 spiro atoms. The van der Waals surface area contributed by atoms with Crippen LogP contribution in [0.3, 0.4) is 0 Å². The highest BCUT2D eigenvalue weighted by molar-refractivity contribution is 6.28. The molecule has 0 saturated heterocycles. The standard InChI is InChI=1S/C47H27N3/c1-4-12-33-28(9-1)19-21-37-43(33)36-15-7-8-16-42(36)49-26-32-18-17-30(25-40(32)46(37)49)41-24-23-39-44-34-13-5-2-10-29(34)20-22-38(44)45-35-14-6-3-11-31(35)27-50(45)47(39)48-41/h1-27H. The Morgan fingerprint density at radius 2 is 0.900 bits per heavy atom. The van der Waals surface area contributed by atoms with Gasteiger partial charge in [0.05, 0.1) is 22.2 Å². The van der Waals surface area contributed by atoms with Crippen molar-refractivity contribution in [3.63, 3.8) is 0 Å². The summed E-state index contributed by atoms with van der Waals surface area (Å²) in [6.07, 6.45) is 4.55. The Kier molecular flexibility index (Phi) is 4.97. The maximum Gasteiger partial charge on any atom is 0.145 e. The van der Waals surface area contributed by atoms with Gasteiger partial charge in [0.2, 0.25) is 0 Å². The van der Waals surface area contributed by atoms with E-state index in [4.69, 9.17) is 4.98 Å². The van der Waals surface area contributed by atoms with Crippen molar-refractivity contribution in [1.29, 1.82) is 0 Å². The number of nitrogens with zero attached hydrogens (tertiary/aromatic N) is 3. The summed E-state index contributed by atoms with van der Waals surface area (Å²) < 4.78 is 4.71. The maximum atomic E-state index is 5.51. The van der Waals surface area contributed by atoms with Crippen LogP contribution in [0.2, 0.25) is 0 Å². The van der Waals surface area contributed by atoms with Gasteiger partial charge in [0, 0.05) is 71.8 Å². The fourth-order valence-electron chi connectivity index (χ4n) is 8.83. The lowest BCUT2D eigenvalue weighted by molar-refractivity contribution is 1.22. The number of pyridine rings is 3. The second-order valence-electron chi connectivity index (χ2n) is 13.6. The molecule has 0 aliphatic heterocycles. The van der Waals surface area contributed by atoms with Gasteiger partial charge in [-0.15, -0.1) is 0 Å². The van der Waals surface area contributed by atoms with Crippen molar-refractivity contribution in [2.75, 3.05) is 0 Å². The molecular weight excluding hydrogens is 607 g/mol. The highest BCUT2D eigenvalue weighted by Crippen LogP contribution is 2.41. The highest BCUT2D eigenvalue weighted by Gasteiger charge is 2.18. The van der Waals surface area contributed by atoms with Crippen LogP contribution in [0.25, 0.3) is 109 Å². The molecule has 0 aliphatic rings. The molecule has 0 unspecified atom stereocenters. The molecule has 0 fully saturated rings. The van der Waals surface area contributed by atoms with E-state index in [1.54, 1.807) is 0 Å². The largest absolute Gasteiger partial charge is 0.315 e. The number of aromatic nitrogens is 3. The van der Waals surface area contributed by atoms with Crippen LogP contribution < -0.4 is 0 Å². The van der Waals surface area contributed by atoms with Crippen LogP contribution in [0.5, 0.6) is 0 Å². The zero-order valence-electron chi connectivity index (χ0n) is 26.9. The fraction of sp³-hybridized carbons (Fsp3) is 0. The first-order valence-electron chi connectivity index (χ1n) is 17.2. The zero-order chi connectivity index (χ0) is 32.5. The van der Waals surface area contributed by atoms with E-state index in [9.17, 15) is 0 Å². The summed E-state index contributed by atoms with van der Waals surface area (Å²) in [4.78, 5) is 5.51. The van der Waals surface area contributed by atoms with Gasteiger partial charge in [0.25, 0.3) is 0 Å². The summed E-state index contributed by atoms with van der Waals surface area (Å²) in [7, 11) is 0.